The summed E-state index contributed by atoms with van der Waals surface area (Å²) in [5, 5.41) is 5.01. The molecule has 1 aromatic heterocycles. The van der Waals surface area contributed by atoms with Crippen LogP contribution in [0.4, 0.5) is 5.69 Å². The number of amides is 1. The lowest BCUT2D eigenvalue weighted by atomic mass is 10.3. The molecule has 2 aromatic rings. The fourth-order valence-electron chi connectivity index (χ4n) is 1.40. The van der Waals surface area contributed by atoms with Gasteiger partial charge in [0.25, 0.3) is 5.91 Å². The van der Waals surface area contributed by atoms with Gasteiger partial charge in [0.2, 0.25) is 0 Å². The topological polar surface area (TPSA) is 55.4 Å². The average molecular weight is 365 g/mol. The Balaban J connectivity index is 1.93. The minimum absolute atomic E-state index is 0.238. The second-order valence-electron chi connectivity index (χ2n) is 3.85. The Kier molecular flexibility index (Phi) is 5.47. The van der Waals surface area contributed by atoms with E-state index in [1.54, 1.807) is 17.5 Å². The predicted molar refractivity (Wildman–Crippen MR) is 84.7 cm³/mol. The van der Waals surface area contributed by atoms with Crippen molar-refractivity contribution in [3.63, 3.8) is 0 Å². The number of hydrogen-bond acceptors (Lipinski definition) is 4. The van der Waals surface area contributed by atoms with Crippen molar-refractivity contribution < 1.29 is 14.3 Å². The fourth-order valence-corrected chi connectivity index (χ4v) is 2.61. The molecule has 0 saturated heterocycles. The second kappa shape index (κ2) is 7.13. The molecule has 0 aliphatic rings. The van der Waals surface area contributed by atoms with Crippen molar-refractivity contribution in [1.29, 1.82) is 0 Å². The van der Waals surface area contributed by atoms with Crippen molar-refractivity contribution in [2.75, 3.05) is 11.9 Å². The Hall–Kier alpha value is -1.27. The SMILES string of the molecule is O=C(COC(=O)c1cccs1)Nc1cc(Cl)c(Cl)cc1Cl. The van der Waals surface area contributed by atoms with Gasteiger partial charge >= 0.3 is 5.97 Å². The van der Waals surface area contributed by atoms with Gasteiger partial charge in [-0.25, -0.2) is 4.79 Å². The van der Waals surface area contributed by atoms with Crippen molar-refractivity contribution in [1.82, 2.24) is 0 Å². The monoisotopic (exact) mass is 363 g/mol. The molecule has 1 amide bonds. The number of halogens is 3. The van der Waals surface area contributed by atoms with Crippen LogP contribution in [0, 0.1) is 0 Å². The van der Waals surface area contributed by atoms with Crippen LogP contribution in [0.2, 0.25) is 15.1 Å². The van der Waals surface area contributed by atoms with Crippen LogP contribution in [0.15, 0.2) is 29.6 Å². The molecule has 0 atom stereocenters. The molecule has 0 unspecified atom stereocenters. The number of anilines is 1. The van der Waals surface area contributed by atoms with Crippen LogP contribution < -0.4 is 5.32 Å². The Bertz CT molecular complexity index is 674. The van der Waals surface area contributed by atoms with Crippen LogP contribution in [0.3, 0.4) is 0 Å². The van der Waals surface area contributed by atoms with Gasteiger partial charge in [0.15, 0.2) is 6.61 Å². The van der Waals surface area contributed by atoms with E-state index in [1.807, 2.05) is 0 Å². The average Bonchev–Trinajstić information content (AvgIpc) is 2.96. The zero-order valence-corrected chi connectivity index (χ0v) is 13.4. The highest BCUT2D eigenvalue weighted by Crippen LogP contribution is 2.32. The highest BCUT2D eigenvalue weighted by atomic mass is 35.5. The number of rotatable bonds is 4. The molecule has 2 rings (SSSR count). The molecule has 0 fully saturated rings. The number of esters is 1. The van der Waals surface area contributed by atoms with E-state index in [1.165, 1.54) is 23.5 Å². The predicted octanol–water partition coefficient (Wildman–Crippen LogP) is 4.50. The summed E-state index contributed by atoms with van der Waals surface area (Å²) in [7, 11) is 0. The Morgan fingerprint density at radius 2 is 1.86 bits per heavy atom. The molecule has 0 bridgehead atoms. The molecular formula is C13H8Cl3NO3S. The third-order valence-electron chi connectivity index (χ3n) is 2.34. The molecule has 1 aromatic carbocycles. The van der Waals surface area contributed by atoms with Crippen LogP contribution in [0.5, 0.6) is 0 Å². The van der Waals surface area contributed by atoms with Gasteiger partial charge in [0.05, 0.1) is 20.8 Å². The molecule has 0 radical (unpaired) electrons. The number of carbonyl (C=O) groups is 2. The normalized spacial score (nSPS) is 10.2. The number of carbonyl (C=O) groups excluding carboxylic acids is 2. The first-order valence-electron chi connectivity index (χ1n) is 5.62. The number of hydrogen-bond donors (Lipinski definition) is 1. The van der Waals surface area contributed by atoms with Crippen molar-refractivity contribution in [3.8, 4) is 0 Å². The summed E-state index contributed by atoms with van der Waals surface area (Å²) in [6, 6.07) is 6.17. The molecule has 8 heteroatoms. The lowest BCUT2D eigenvalue weighted by Gasteiger charge is -2.09. The summed E-state index contributed by atoms with van der Waals surface area (Å²) in [6.07, 6.45) is 0. The van der Waals surface area contributed by atoms with Crippen LogP contribution in [-0.2, 0) is 9.53 Å². The molecule has 21 heavy (non-hydrogen) atoms. The first-order chi connectivity index (χ1) is 9.97. The Morgan fingerprint density at radius 1 is 1.14 bits per heavy atom. The fraction of sp³-hybridized carbons (Fsp3) is 0.0769. The van der Waals surface area contributed by atoms with Gasteiger partial charge in [-0.3, -0.25) is 4.79 Å². The van der Waals surface area contributed by atoms with Gasteiger partial charge in [-0.2, -0.15) is 0 Å². The van der Waals surface area contributed by atoms with E-state index in [-0.39, 0.29) is 15.1 Å². The molecular weight excluding hydrogens is 357 g/mol. The Morgan fingerprint density at radius 3 is 2.52 bits per heavy atom. The summed E-state index contributed by atoms with van der Waals surface area (Å²) < 4.78 is 4.87. The molecule has 0 aliphatic carbocycles. The van der Waals surface area contributed by atoms with Gasteiger partial charge in [-0.15, -0.1) is 11.3 Å². The summed E-state index contributed by atoms with van der Waals surface area (Å²) >= 11 is 18.8. The summed E-state index contributed by atoms with van der Waals surface area (Å²) in [5.74, 6) is -1.08. The number of nitrogens with one attached hydrogen (secondary N) is 1. The lowest BCUT2D eigenvalue weighted by Crippen LogP contribution is -2.20. The standard InChI is InChI=1S/C13H8Cl3NO3S/c14-7-4-9(16)10(5-8(7)15)17-12(18)6-20-13(19)11-2-1-3-21-11/h1-5H,6H2,(H,17,18). The van der Waals surface area contributed by atoms with E-state index in [4.69, 9.17) is 39.5 Å². The molecule has 1 heterocycles. The largest absolute Gasteiger partial charge is 0.451 e. The van der Waals surface area contributed by atoms with E-state index in [0.717, 1.165) is 0 Å². The van der Waals surface area contributed by atoms with Gasteiger partial charge < -0.3 is 10.1 Å². The van der Waals surface area contributed by atoms with E-state index in [0.29, 0.717) is 10.6 Å². The van der Waals surface area contributed by atoms with Gasteiger partial charge in [-0.1, -0.05) is 40.9 Å². The third-order valence-corrected chi connectivity index (χ3v) is 4.23. The maximum absolute atomic E-state index is 11.7. The highest BCUT2D eigenvalue weighted by molar-refractivity contribution is 7.11. The van der Waals surface area contributed by atoms with Crippen molar-refractivity contribution in [3.05, 3.63) is 49.6 Å². The molecule has 0 spiro atoms. The maximum atomic E-state index is 11.7. The van der Waals surface area contributed by atoms with E-state index in [9.17, 15) is 9.59 Å². The highest BCUT2D eigenvalue weighted by Gasteiger charge is 2.13. The molecule has 4 nitrogen and oxygen atoms in total. The van der Waals surface area contributed by atoms with Crippen LogP contribution >= 0.6 is 46.1 Å². The third kappa shape index (κ3) is 4.35. The van der Waals surface area contributed by atoms with Crippen molar-refractivity contribution in [2.45, 2.75) is 0 Å². The first-order valence-corrected chi connectivity index (χ1v) is 7.63. The zero-order chi connectivity index (χ0) is 15.4. The van der Waals surface area contributed by atoms with Crippen LogP contribution in [0.25, 0.3) is 0 Å². The van der Waals surface area contributed by atoms with Gasteiger partial charge in [-0.05, 0) is 23.6 Å². The van der Waals surface area contributed by atoms with Crippen LogP contribution in [0.1, 0.15) is 9.67 Å². The number of benzene rings is 1. The summed E-state index contributed by atoms with van der Waals surface area (Å²) in [4.78, 5) is 23.7. The van der Waals surface area contributed by atoms with E-state index >= 15 is 0 Å². The second-order valence-corrected chi connectivity index (χ2v) is 6.02. The van der Waals surface area contributed by atoms with Crippen LogP contribution in [-0.4, -0.2) is 18.5 Å². The Labute approximate surface area is 139 Å². The maximum Gasteiger partial charge on any atom is 0.348 e. The quantitative estimate of drug-likeness (QED) is 0.642. The van der Waals surface area contributed by atoms with Gasteiger partial charge in [0.1, 0.15) is 4.88 Å². The van der Waals surface area contributed by atoms with E-state index < -0.39 is 18.5 Å². The molecule has 0 aliphatic heterocycles. The van der Waals surface area contributed by atoms with Crippen molar-refractivity contribution >= 4 is 63.7 Å². The molecule has 0 saturated carbocycles. The molecule has 1 N–H and O–H groups in total. The smallest absolute Gasteiger partial charge is 0.348 e. The summed E-state index contributed by atoms with van der Waals surface area (Å²) in [6.45, 7) is -0.423. The van der Waals surface area contributed by atoms with Gasteiger partial charge in [0, 0.05) is 0 Å². The number of ether oxygens (including phenoxy) is 1. The first kappa shape index (κ1) is 16.1. The van der Waals surface area contributed by atoms with E-state index in [2.05, 4.69) is 5.32 Å². The number of thiophene rings is 1. The minimum Gasteiger partial charge on any atom is -0.451 e. The summed E-state index contributed by atoms with van der Waals surface area (Å²) in [5.41, 5.74) is 0.295. The molecule has 110 valence electrons. The lowest BCUT2D eigenvalue weighted by molar-refractivity contribution is -0.119. The minimum atomic E-state index is -0.555. The van der Waals surface area contributed by atoms with Crippen molar-refractivity contribution in [2.24, 2.45) is 0 Å². The zero-order valence-electron chi connectivity index (χ0n) is 10.4.